The number of hydrogen-bond donors (Lipinski definition) is 1. The van der Waals surface area contributed by atoms with Crippen LogP contribution in [0.2, 0.25) is 0 Å². The number of fused-ring (bicyclic) bond motifs is 2. The van der Waals surface area contributed by atoms with Crippen LogP contribution in [-0.2, 0) is 4.74 Å². The molecule has 1 aliphatic heterocycles. The molecule has 0 radical (unpaired) electrons. The predicted octanol–water partition coefficient (Wildman–Crippen LogP) is 4.25. The van der Waals surface area contributed by atoms with E-state index in [1.165, 1.54) is 24.9 Å². The van der Waals surface area contributed by atoms with E-state index in [0.717, 1.165) is 37.8 Å². The molecular formula is C24H40Cl2N2O3. The lowest BCUT2D eigenvalue weighted by atomic mass is 9.70. The average molecular weight is 476 g/mol. The second kappa shape index (κ2) is 10.5. The first-order chi connectivity index (χ1) is 13.8. The zero-order valence-electron chi connectivity index (χ0n) is 19.4. The summed E-state index contributed by atoms with van der Waals surface area (Å²) in [6, 6.07) is 8.27. The Kier molecular flexibility index (Phi) is 8.97. The van der Waals surface area contributed by atoms with E-state index in [1.807, 2.05) is 12.1 Å². The van der Waals surface area contributed by atoms with E-state index in [1.54, 1.807) is 7.11 Å². The van der Waals surface area contributed by atoms with Gasteiger partial charge in [-0.05, 0) is 60.3 Å². The highest BCUT2D eigenvalue weighted by atomic mass is 35.5. The van der Waals surface area contributed by atoms with Gasteiger partial charge in [-0.25, -0.2) is 0 Å². The topological polar surface area (TPSA) is 45.2 Å². The number of ether oxygens (including phenoxy) is 2. The lowest BCUT2D eigenvalue weighted by Gasteiger charge is -2.43. The summed E-state index contributed by atoms with van der Waals surface area (Å²) < 4.78 is 11.6. The fraction of sp³-hybridized carbons (Fsp3) is 0.750. The molecule has 5 nitrogen and oxygen atoms in total. The Hall–Kier alpha value is -0.720. The Labute approximate surface area is 200 Å². The number of nitrogens with zero attached hydrogens (tertiary/aromatic N) is 2. The largest absolute Gasteiger partial charge is 0.497 e. The lowest BCUT2D eigenvalue weighted by molar-refractivity contribution is -0.113. The van der Waals surface area contributed by atoms with Crippen molar-refractivity contribution in [2.75, 3.05) is 51.3 Å². The van der Waals surface area contributed by atoms with Crippen molar-refractivity contribution in [2.45, 2.75) is 52.2 Å². The maximum Gasteiger partial charge on any atom is 0.119 e. The first-order valence-corrected chi connectivity index (χ1v) is 11.2. The van der Waals surface area contributed by atoms with Gasteiger partial charge in [0.25, 0.3) is 0 Å². The number of β-amino-alcohol motifs (C(OH)–C–C–N with tert-alkyl or cyclic N) is 1. The van der Waals surface area contributed by atoms with Gasteiger partial charge in [-0.15, -0.1) is 24.8 Å². The number of anilines is 1. The van der Waals surface area contributed by atoms with Crippen molar-refractivity contribution in [2.24, 2.45) is 16.7 Å². The minimum absolute atomic E-state index is 0. The van der Waals surface area contributed by atoms with Gasteiger partial charge >= 0.3 is 0 Å². The summed E-state index contributed by atoms with van der Waals surface area (Å²) in [4.78, 5) is 4.76. The molecule has 4 atom stereocenters. The van der Waals surface area contributed by atoms with Crippen LogP contribution in [-0.4, -0.2) is 68.7 Å². The van der Waals surface area contributed by atoms with E-state index in [-0.39, 0.29) is 36.3 Å². The molecule has 4 rings (SSSR count). The molecule has 7 heteroatoms. The smallest absolute Gasteiger partial charge is 0.119 e. The Bertz CT molecular complexity index is 690. The number of aliphatic hydroxyl groups is 1. The molecule has 0 spiro atoms. The summed E-state index contributed by atoms with van der Waals surface area (Å²) >= 11 is 0. The number of rotatable bonds is 7. The maximum atomic E-state index is 10.6. The van der Waals surface area contributed by atoms with Crippen molar-refractivity contribution >= 4 is 30.5 Å². The van der Waals surface area contributed by atoms with Gasteiger partial charge in [-0.3, -0.25) is 4.90 Å². The molecule has 0 amide bonds. The van der Waals surface area contributed by atoms with Crippen LogP contribution in [0.25, 0.3) is 0 Å². The third kappa shape index (κ3) is 5.44. The summed E-state index contributed by atoms with van der Waals surface area (Å²) in [5, 5.41) is 10.6. The normalized spacial score (nSPS) is 30.4. The van der Waals surface area contributed by atoms with Crippen molar-refractivity contribution in [3.63, 3.8) is 0 Å². The molecule has 0 aromatic heterocycles. The Balaban J connectivity index is 0.00000171. The second-order valence-electron chi connectivity index (χ2n) is 10.3. The van der Waals surface area contributed by atoms with Crippen molar-refractivity contribution in [1.82, 2.24) is 4.90 Å². The zero-order chi connectivity index (χ0) is 20.6. The van der Waals surface area contributed by atoms with E-state index in [2.05, 4.69) is 42.7 Å². The van der Waals surface area contributed by atoms with Gasteiger partial charge in [0.15, 0.2) is 0 Å². The molecular weight excluding hydrogens is 435 g/mol. The SMILES string of the molecule is COc1ccc(N2CCN(CC(O)COC3C4(C)CCC(C4)C3(C)C)CC2)cc1.Cl.Cl. The molecule has 1 aromatic rings. The number of methoxy groups -OCH3 is 1. The minimum atomic E-state index is -0.416. The molecule has 3 fully saturated rings. The minimum Gasteiger partial charge on any atom is -0.497 e. The van der Waals surface area contributed by atoms with Crippen LogP contribution in [0.1, 0.15) is 40.0 Å². The second-order valence-corrected chi connectivity index (χ2v) is 10.3. The first-order valence-electron chi connectivity index (χ1n) is 11.2. The highest BCUT2D eigenvalue weighted by Crippen LogP contribution is 2.63. The molecule has 178 valence electrons. The van der Waals surface area contributed by atoms with Crippen LogP contribution in [0.3, 0.4) is 0 Å². The van der Waals surface area contributed by atoms with Crippen LogP contribution >= 0.6 is 24.8 Å². The van der Waals surface area contributed by atoms with Gasteiger partial charge in [-0.1, -0.05) is 20.8 Å². The van der Waals surface area contributed by atoms with E-state index in [4.69, 9.17) is 9.47 Å². The maximum absolute atomic E-state index is 10.6. The molecule has 1 heterocycles. The lowest BCUT2D eigenvalue weighted by Crippen LogP contribution is -2.50. The first kappa shape index (κ1) is 26.5. The Morgan fingerprint density at radius 2 is 1.71 bits per heavy atom. The van der Waals surface area contributed by atoms with Crippen LogP contribution in [0, 0.1) is 16.7 Å². The summed E-state index contributed by atoms with van der Waals surface area (Å²) in [6.07, 6.45) is 3.75. The van der Waals surface area contributed by atoms with Crippen molar-refractivity contribution in [3.05, 3.63) is 24.3 Å². The number of benzene rings is 1. The fourth-order valence-corrected chi connectivity index (χ4v) is 6.21. The van der Waals surface area contributed by atoms with E-state index in [0.29, 0.717) is 18.6 Å². The zero-order valence-corrected chi connectivity index (χ0v) is 21.0. The fourth-order valence-electron chi connectivity index (χ4n) is 6.21. The third-order valence-electron chi connectivity index (χ3n) is 7.87. The molecule has 31 heavy (non-hydrogen) atoms. The molecule has 1 saturated heterocycles. The Morgan fingerprint density at radius 1 is 1.06 bits per heavy atom. The van der Waals surface area contributed by atoms with Gasteiger partial charge in [0.2, 0.25) is 0 Å². The van der Waals surface area contributed by atoms with Gasteiger partial charge in [0, 0.05) is 38.4 Å². The third-order valence-corrected chi connectivity index (χ3v) is 7.87. The van der Waals surface area contributed by atoms with Gasteiger partial charge in [-0.2, -0.15) is 0 Å². The highest BCUT2D eigenvalue weighted by Gasteiger charge is 2.60. The number of halogens is 2. The molecule has 1 aromatic carbocycles. The van der Waals surface area contributed by atoms with Gasteiger partial charge in [0.05, 0.1) is 25.9 Å². The quantitative estimate of drug-likeness (QED) is 0.639. The monoisotopic (exact) mass is 474 g/mol. The summed E-state index contributed by atoms with van der Waals surface area (Å²) in [7, 11) is 1.70. The van der Waals surface area contributed by atoms with Gasteiger partial charge in [0.1, 0.15) is 5.75 Å². The van der Waals surface area contributed by atoms with Crippen LogP contribution in [0.4, 0.5) is 5.69 Å². The van der Waals surface area contributed by atoms with Crippen LogP contribution < -0.4 is 9.64 Å². The van der Waals surface area contributed by atoms with Crippen LogP contribution in [0.15, 0.2) is 24.3 Å². The average Bonchev–Trinajstić information content (AvgIpc) is 3.19. The van der Waals surface area contributed by atoms with E-state index < -0.39 is 6.10 Å². The molecule has 2 aliphatic carbocycles. The summed E-state index contributed by atoms with van der Waals surface area (Å²) in [5.74, 6) is 1.67. The number of aliphatic hydroxyl groups excluding tert-OH is 1. The predicted molar refractivity (Wildman–Crippen MR) is 131 cm³/mol. The molecule has 4 unspecified atom stereocenters. The highest BCUT2D eigenvalue weighted by molar-refractivity contribution is 5.85. The summed E-state index contributed by atoms with van der Waals surface area (Å²) in [6.45, 7) is 12.2. The van der Waals surface area contributed by atoms with Crippen molar-refractivity contribution in [1.29, 1.82) is 0 Å². The van der Waals surface area contributed by atoms with E-state index in [9.17, 15) is 5.11 Å². The molecule has 1 N–H and O–H groups in total. The molecule has 2 saturated carbocycles. The standard InChI is InChI=1S/C24H38N2O3.2ClH/c1-23(2)18-9-10-24(3,15-18)22(23)29-17-20(27)16-25-11-13-26(14-12-25)19-5-7-21(28-4)8-6-19;;/h5-8,18,20,22,27H,9-17H2,1-4H3;2*1H. The van der Waals surface area contributed by atoms with Crippen molar-refractivity contribution in [3.8, 4) is 5.75 Å². The molecule has 2 bridgehead atoms. The van der Waals surface area contributed by atoms with E-state index >= 15 is 0 Å². The van der Waals surface area contributed by atoms with Gasteiger partial charge < -0.3 is 19.5 Å². The Morgan fingerprint density at radius 3 is 2.26 bits per heavy atom. The summed E-state index contributed by atoms with van der Waals surface area (Å²) in [5.41, 5.74) is 1.77. The number of piperazine rings is 1. The molecule has 3 aliphatic rings. The van der Waals surface area contributed by atoms with Crippen LogP contribution in [0.5, 0.6) is 5.75 Å². The van der Waals surface area contributed by atoms with Crippen molar-refractivity contribution < 1.29 is 14.6 Å². The number of hydrogen-bond acceptors (Lipinski definition) is 5.